The van der Waals surface area contributed by atoms with E-state index in [4.69, 9.17) is 5.73 Å². The minimum atomic E-state index is -0.462. The fraction of sp³-hybridized carbons (Fsp3) is 0.429. The van der Waals surface area contributed by atoms with E-state index in [1.807, 2.05) is 32.9 Å². The number of rotatable bonds is 5. The fourth-order valence-electron chi connectivity index (χ4n) is 1.69. The van der Waals surface area contributed by atoms with Crippen molar-refractivity contribution in [1.29, 1.82) is 0 Å². The van der Waals surface area contributed by atoms with Gasteiger partial charge in [0.25, 0.3) is 0 Å². The number of primary amides is 1. The molecule has 0 aliphatic rings. The molecule has 0 aliphatic heterocycles. The highest BCUT2D eigenvalue weighted by Gasteiger charge is 2.13. The third kappa shape index (κ3) is 5.52. The molecule has 0 aromatic heterocycles. The summed E-state index contributed by atoms with van der Waals surface area (Å²) in [6, 6.07) is 7.08. The Labute approximate surface area is 113 Å². The molecule has 0 radical (unpaired) electrons. The molecule has 0 saturated carbocycles. The minimum Gasteiger partial charge on any atom is -0.366 e. The number of benzene rings is 1. The number of hydrogen-bond acceptors (Lipinski definition) is 3. The quantitative estimate of drug-likeness (QED) is 0.734. The van der Waals surface area contributed by atoms with Crippen molar-refractivity contribution in [2.75, 3.05) is 6.54 Å². The first-order valence-electron chi connectivity index (χ1n) is 6.19. The fourth-order valence-corrected chi connectivity index (χ4v) is 1.69. The summed E-state index contributed by atoms with van der Waals surface area (Å²) in [5, 5.41) is 5.85. The molecule has 104 valence electrons. The van der Waals surface area contributed by atoms with E-state index >= 15 is 0 Å². The van der Waals surface area contributed by atoms with E-state index in [1.165, 1.54) is 0 Å². The molecule has 2 amide bonds. The molecule has 0 bridgehead atoms. The van der Waals surface area contributed by atoms with Gasteiger partial charge in [-0.15, -0.1) is 0 Å². The summed E-state index contributed by atoms with van der Waals surface area (Å²) in [5.74, 6) is -0.541. The Kier molecular flexibility index (Phi) is 5.06. The van der Waals surface area contributed by atoms with Gasteiger partial charge in [0.15, 0.2) is 0 Å². The van der Waals surface area contributed by atoms with Crippen molar-refractivity contribution in [2.45, 2.75) is 32.9 Å². The standard InChI is InChI=1S/C14H21N3O2/c1-14(2,3)17-12(18)9-16-8-10-6-4-5-7-11(10)13(15)19/h4-7,16H,8-9H2,1-3H3,(H2,15,19)(H,17,18). The summed E-state index contributed by atoms with van der Waals surface area (Å²) < 4.78 is 0. The van der Waals surface area contributed by atoms with E-state index in [0.29, 0.717) is 12.1 Å². The molecular formula is C14H21N3O2. The van der Waals surface area contributed by atoms with Crippen molar-refractivity contribution in [2.24, 2.45) is 5.73 Å². The van der Waals surface area contributed by atoms with E-state index in [2.05, 4.69) is 10.6 Å². The van der Waals surface area contributed by atoms with Crippen LogP contribution in [-0.4, -0.2) is 23.9 Å². The SMILES string of the molecule is CC(C)(C)NC(=O)CNCc1ccccc1C(N)=O. The highest BCUT2D eigenvalue weighted by Crippen LogP contribution is 2.07. The van der Waals surface area contributed by atoms with Gasteiger partial charge in [0.1, 0.15) is 0 Å². The third-order valence-corrected chi connectivity index (χ3v) is 2.40. The van der Waals surface area contributed by atoms with Crippen LogP contribution in [0.1, 0.15) is 36.7 Å². The van der Waals surface area contributed by atoms with Crippen molar-refractivity contribution in [3.63, 3.8) is 0 Å². The maximum absolute atomic E-state index is 11.6. The van der Waals surface area contributed by atoms with Gasteiger partial charge in [-0.1, -0.05) is 18.2 Å². The van der Waals surface area contributed by atoms with E-state index in [1.54, 1.807) is 12.1 Å². The average molecular weight is 263 g/mol. The zero-order valence-corrected chi connectivity index (χ0v) is 11.6. The second-order valence-corrected chi connectivity index (χ2v) is 5.42. The van der Waals surface area contributed by atoms with Gasteiger partial charge in [-0.3, -0.25) is 9.59 Å². The maximum Gasteiger partial charge on any atom is 0.249 e. The van der Waals surface area contributed by atoms with Crippen LogP contribution in [0, 0.1) is 0 Å². The van der Waals surface area contributed by atoms with E-state index in [0.717, 1.165) is 5.56 Å². The van der Waals surface area contributed by atoms with Gasteiger partial charge in [-0.2, -0.15) is 0 Å². The van der Waals surface area contributed by atoms with Crippen molar-refractivity contribution in [3.05, 3.63) is 35.4 Å². The van der Waals surface area contributed by atoms with Crippen LogP contribution in [0.15, 0.2) is 24.3 Å². The van der Waals surface area contributed by atoms with Crippen molar-refractivity contribution >= 4 is 11.8 Å². The number of nitrogens with one attached hydrogen (secondary N) is 2. The van der Waals surface area contributed by atoms with E-state index in [9.17, 15) is 9.59 Å². The molecule has 0 saturated heterocycles. The lowest BCUT2D eigenvalue weighted by Crippen LogP contribution is -2.44. The first-order valence-corrected chi connectivity index (χ1v) is 6.19. The molecule has 0 atom stereocenters. The highest BCUT2D eigenvalue weighted by molar-refractivity contribution is 5.94. The van der Waals surface area contributed by atoms with Crippen LogP contribution in [0.25, 0.3) is 0 Å². The molecule has 0 fully saturated rings. The summed E-state index contributed by atoms with van der Waals surface area (Å²) in [6.45, 7) is 6.40. The van der Waals surface area contributed by atoms with Gasteiger partial charge in [-0.25, -0.2) is 0 Å². The zero-order chi connectivity index (χ0) is 14.5. The first-order chi connectivity index (χ1) is 8.79. The molecule has 0 aliphatic carbocycles. The van der Waals surface area contributed by atoms with Crippen LogP contribution < -0.4 is 16.4 Å². The topological polar surface area (TPSA) is 84.2 Å². The first kappa shape index (κ1) is 15.2. The Hall–Kier alpha value is -1.88. The molecule has 0 unspecified atom stereocenters. The summed E-state index contributed by atoms with van der Waals surface area (Å²) in [4.78, 5) is 22.8. The van der Waals surface area contributed by atoms with Gasteiger partial charge in [0.2, 0.25) is 11.8 Å². The molecule has 1 rings (SSSR count). The monoisotopic (exact) mass is 263 g/mol. The number of carbonyl (C=O) groups excluding carboxylic acids is 2. The summed E-state index contributed by atoms with van der Waals surface area (Å²) in [6.07, 6.45) is 0. The van der Waals surface area contributed by atoms with E-state index < -0.39 is 5.91 Å². The van der Waals surface area contributed by atoms with Crippen molar-refractivity contribution < 1.29 is 9.59 Å². The Balaban J connectivity index is 2.50. The second-order valence-electron chi connectivity index (χ2n) is 5.42. The molecule has 4 N–H and O–H groups in total. The molecule has 5 nitrogen and oxygen atoms in total. The normalized spacial score (nSPS) is 11.1. The lowest BCUT2D eigenvalue weighted by molar-refractivity contribution is -0.121. The molecule has 0 spiro atoms. The molecule has 5 heteroatoms. The maximum atomic E-state index is 11.6. The average Bonchev–Trinajstić information content (AvgIpc) is 2.27. The zero-order valence-electron chi connectivity index (χ0n) is 11.6. The van der Waals surface area contributed by atoms with Crippen LogP contribution in [0.3, 0.4) is 0 Å². The molecular weight excluding hydrogens is 242 g/mol. The molecule has 1 aromatic carbocycles. The summed E-state index contributed by atoms with van der Waals surface area (Å²) >= 11 is 0. The predicted octanol–water partition coefficient (Wildman–Crippen LogP) is 0.790. The van der Waals surface area contributed by atoms with Gasteiger partial charge >= 0.3 is 0 Å². The number of hydrogen-bond donors (Lipinski definition) is 3. The molecule has 19 heavy (non-hydrogen) atoms. The Morgan fingerprint density at radius 3 is 2.42 bits per heavy atom. The number of amides is 2. The number of nitrogens with two attached hydrogens (primary N) is 1. The van der Waals surface area contributed by atoms with Crippen LogP contribution in [0.5, 0.6) is 0 Å². The van der Waals surface area contributed by atoms with Crippen LogP contribution in [0.2, 0.25) is 0 Å². The lowest BCUT2D eigenvalue weighted by atomic mass is 10.1. The van der Waals surface area contributed by atoms with Crippen LogP contribution in [0.4, 0.5) is 0 Å². The van der Waals surface area contributed by atoms with Gasteiger partial charge < -0.3 is 16.4 Å². The van der Waals surface area contributed by atoms with Gasteiger partial charge in [0.05, 0.1) is 6.54 Å². The van der Waals surface area contributed by atoms with Crippen LogP contribution in [-0.2, 0) is 11.3 Å². The van der Waals surface area contributed by atoms with Crippen LogP contribution >= 0.6 is 0 Å². The summed E-state index contributed by atoms with van der Waals surface area (Å²) in [5.41, 5.74) is 6.31. The van der Waals surface area contributed by atoms with Crippen molar-refractivity contribution in [1.82, 2.24) is 10.6 Å². The second kappa shape index (κ2) is 6.33. The Bertz CT molecular complexity index is 464. The largest absolute Gasteiger partial charge is 0.366 e. The molecule has 1 aromatic rings. The lowest BCUT2D eigenvalue weighted by Gasteiger charge is -2.20. The third-order valence-electron chi connectivity index (χ3n) is 2.40. The van der Waals surface area contributed by atoms with E-state index in [-0.39, 0.29) is 18.0 Å². The Morgan fingerprint density at radius 1 is 1.21 bits per heavy atom. The Morgan fingerprint density at radius 2 is 1.84 bits per heavy atom. The predicted molar refractivity (Wildman–Crippen MR) is 74.6 cm³/mol. The van der Waals surface area contributed by atoms with Gasteiger partial charge in [-0.05, 0) is 32.4 Å². The van der Waals surface area contributed by atoms with Crippen molar-refractivity contribution in [3.8, 4) is 0 Å². The summed E-state index contributed by atoms with van der Waals surface area (Å²) in [7, 11) is 0. The minimum absolute atomic E-state index is 0.0796. The van der Waals surface area contributed by atoms with Gasteiger partial charge in [0, 0.05) is 17.6 Å². The highest BCUT2D eigenvalue weighted by atomic mass is 16.2. The molecule has 0 heterocycles. The smallest absolute Gasteiger partial charge is 0.249 e. The number of carbonyl (C=O) groups is 2.